The third kappa shape index (κ3) is 2.98. The molecule has 2 rings (SSSR count). The standard InChI is InChI=1S/C13H14Br2N2O3/c1-7-5-8(14)10(9(15)6-7)16-12(20)17-13(11(18)19)3-2-4-13/h5-6H,2-4H2,1H3,(H,18,19)(H2,16,17,20). The van der Waals surface area contributed by atoms with Crippen molar-refractivity contribution >= 4 is 49.5 Å². The molecule has 0 radical (unpaired) electrons. The molecule has 0 spiro atoms. The minimum Gasteiger partial charge on any atom is -0.480 e. The van der Waals surface area contributed by atoms with Crippen LogP contribution in [0, 0.1) is 6.92 Å². The van der Waals surface area contributed by atoms with Crippen LogP contribution in [0.4, 0.5) is 10.5 Å². The number of amides is 2. The molecule has 0 saturated heterocycles. The van der Waals surface area contributed by atoms with Crippen molar-refractivity contribution in [2.75, 3.05) is 5.32 Å². The molecule has 1 aliphatic rings. The Morgan fingerprint density at radius 3 is 2.20 bits per heavy atom. The number of halogens is 2. The molecule has 3 N–H and O–H groups in total. The van der Waals surface area contributed by atoms with E-state index in [1.165, 1.54) is 0 Å². The predicted molar refractivity (Wildman–Crippen MR) is 83.0 cm³/mol. The van der Waals surface area contributed by atoms with Gasteiger partial charge in [-0.1, -0.05) is 0 Å². The van der Waals surface area contributed by atoms with Gasteiger partial charge in [0.1, 0.15) is 5.54 Å². The maximum Gasteiger partial charge on any atom is 0.329 e. The zero-order chi connectivity index (χ0) is 14.9. The first-order chi connectivity index (χ1) is 9.34. The molecule has 2 amide bonds. The number of rotatable bonds is 3. The van der Waals surface area contributed by atoms with Crippen LogP contribution in [0.1, 0.15) is 24.8 Å². The molecule has 0 aliphatic heterocycles. The van der Waals surface area contributed by atoms with Crippen molar-refractivity contribution in [3.8, 4) is 0 Å². The number of hydrogen-bond donors (Lipinski definition) is 3. The van der Waals surface area contributed by atoms with E-state index in [1.54, 1.807) is 0 Å². The van der Waals surface area contributed by atoms with Crippen LogP contribution in [0.3, 0.4) is 0 Å². The van der Waals surface area contributed by atoms with Crippen LogP contribution in [-0.2, 0) is 4.79 Å². The van der Waals surface area contributed by atoms with Gasteiger partial charge in [-0.05, 0) is 75.7 Å². The molecule has 1 saturated carbocycles. The first-order valence-corrected chi connectivity index (χ1v) is 7.71. The van der Waals surface area contributed by atoms with E-state index in [4.69, 9.17) is 0 Å². The van der Waals surface area contributed by atoms with Crippen LogP contribution in [0.2, 0.25) is 0 Å². The molecule has 5 nitrogen and oxygen atoms in total. The van der Waals surface area contributed by atoms with Gasteiger partial charge in [-0.15, -0.1) is 0 Å². The van der Waals surface area contributed by atoms with Crippen molar-refractivity contribution in [2.24, 2.45) is 0 Å². The molecule has 0 heterocycles. The number of aryl methyl sites for hydroxylation is 1. The van der Waals surface area contributed by atoms with Gasteiger partial charge >= 0.3 is 12.0 Å². The molecule has 0 bridgehead atoms. The number of urea groups is 1. The highest BCUT2D eigenvalue weighted by Crippen LogP contribution is 2.34. The minimum atomic E-state index is -1.12. The van der Waals surface area contributed by atoms with Crippen molar-refractivity contribution in [3.05, 3.63) is 26.6 Å². The SMILES string of the molecule is Cc1cc(Br)c(NC(=O)NC2(C(=O)O)CCC2)c(Br)c1. The second-order valence-corrected chi connectivity index (χ2v) is 6.63. The number of nitrogens with one attached hydrogen (secondary N) is 2. The zero-order valence-corrected chi connectivity index (χ0v) is 14.0. The van der Waals surface area contributed by atoms with E-state index in [1.807, 2.05) is 19.1 Å². The van der Waals surface area contributed by atoms with Crippen LogP contribution in [0.5, 0.6) is 0 Å². The van der Waals surface area contributed by atoms with Crippen LogP contribution in [-0.4, -0.2) is 22.6 Å². The Bertz CT molecular complexity index is 548. The lowest BCUT2D eigenvalue weighted by Crippen LogP contribution is -2.60. The Morgan fingerprint density at radius 2 is 1.80 bits per heavy atom. The summed E-state index contributed by atoms with van der Waals surface area (Å²) in [5, 5.41) is 14.4. The highest BCUT2D eigenvalue weighted by Gasteiger charge is 2.45. The predicted octanol–water partition coefficient (Wildman–Crippen LogP) is 3.65. The van der Waals surface area contributed by atoms with E-state index in [0.717, 1.165) is 20.9 Å². The summed E-state index contributed by atoms with van der Waals surface area (Å²) in [6.45, 7) is 1.94. The molecule has 108 valence electrons. The fourth-order valence-electron chi connectivity index (χ4n) is 2.10. The van der Waals surface area contributed by atoms with Gasteiger partial charge in [0.2, 0.25) is 0 Å². The first-order valence-electron chi connectivity index (χ1n) is 6.12. The molecular formula is C13H14Br2N2O3. The van der Waals surface area contributed by atoms with E-state index in [9.17, 15) is 14.7 Å². The Labute approximate surface area is 133 Å². The van der Waals surface area contributed by atoms with Gasteiger partial charge in [0.25, 0.3) is 0 Å². The summed E-state index contributed by atoms with van der Waals surface area (Å²) < 4.78 is 1.47. The molecule has 1 aliphatic carbocycles. The maximum atomic E-state index is 12.0. The van der Waals surface area contributed by atoms with Crippen LogP contribution in [0.25, 0.3) is 0 Å². The fourth-order valence-corrected chi connectivity index (χ4v) is 3.72. The van der Waals surface area contributed by atoms with Crippen LogP contribution in [0.15, 0.2) is 21.1 Å². The van der Waals surface area contributed by atoms with Crippen molar-refractivity contribution in [3.63, 3.8) is 0 Å². The number of aliphatic carboxylic acids is 1. The monoisotopic (exact) mass is 404 g/mol. The summed E-state index contributed by atoms with van der Waals surface area (Å²) in [5.74, 6) is -0.985. The summed E-state index contributed by atoms with van der Waals surface area (Å²) in [6, 6.07) is 3.23. The number of hydrogen-bond acceptors (Lipinski definition) is 2. The fraction of sp³-hybridized carbons (Fsp3) is 0.385. The molecular weight excluding hydrogens is 392 g/mol. The molecule has 1 aromatic rings. The van der Waals surface area contributed by atoms with E-state index < -0.39 is 17.5 Å². The number of benzene rings is 1. The number of carbonyl (C=O) groups excluding carboxylic acids is 1. The van der Waals surface area contributed by atoms with Gasteiger partial charge in [0.15, 0.2) is 0 Å². The molecule has 1 fully saturated rings. The maximum absolute atomic E-state index is 12.0. The van der Waals surface area contributed by atoms with Gasteiger partial charge in [-0.2, -0.15) is 0 Å². The number of carboxylic acid groups (broad SMARTS) is 1. The Balaban J connectivity index is 2.11. The van der Waals surface area contributed by atoms with Crippen molar-refractivity contribution < 1.29 is 14.7 Å². The average molecular weight is 406 g/mol. The molecule has 0 aromatic heterocycles. The van der Waals surface area contributed by atoms with Gasteiger partial charge in [0.05, 0.1) is 5.69 Å². The summed E-state index contributed by atoms with van der Waals surface area (Å²) in [4.78, 5) is 23.2. The van der Waals surface area contributed by atoms with E-state index in [2.05, 4.69) is 42.5 Å². The number of anilines is 1. The lowest BCUT2D eigenvalue weighted by molar-refractivity contribution is -0.148. The Hall–Kier alpha value is -1.08. The Kier molecular flexibility index (Phi) is 4.39. The normalized spacial score (nSPS) is 16.1. The lowest BCUT2D eigenvalue weighted by atomic mass is 9.77. The Morgan fingerprint density at radius 1 is 1.25 bits per heavy atom. The molecule has 1 aromatic carbocycles. The number of carbonyl (C=O) groups is 2. The third-order valence-electron chi connectivity index (χ3n) is 3.39. The molecule has 0 unspecified atom stereocenters. The molecule has 20 heavy (non-hydrogen) atoms. The summed E-state index contributed by atoms with van der Waals surface area (Å²) in [5.41, 5.74) is 0.497. The topological polar surface area (TPSA) is 78.4 Å². The highest BCUT2D eigenvalue weighted by molar-refractivity contribution is 9.11. The third-order valence-corrected chi connectivity index (χ3v) is 4.65. The van der Waals surface area contributed by atoms with Gasteiger partial charge in [0, 0.05) is 8.95 Å². The van der Waals surface area contributed by atoms with Crippen molar-refractivity contribution in [2.45, 2.75) is 31.7 Å². The summed E-state index contributed by atoms with van der Waals surface area (Å²) in [7, 11) is 0. The minimum absolute atomic E-state index is 0.464. The average Bonchev–Trinajstić information content (AvgIpc) is 2.28. The van der Waals surface area contributed by atoms with E-state index >= 15 is 0 Å². The van der Waals surface area contributed by atoms with Crippen molar-refractivity contribution in [1.82, 2.24) is 5.32 Å². The van der Waals surface area contributed by atoms with Gasteiger partial charge < -0.3 is 15.7 Å². The second-order valence-electron chi connectivity index (χ2n) is 4.92. The van der Waals surface area contributed by atoms with Crippen LogP contribution < -0.4 is 10.6 Å². The zero-order valence-electron chi connectivity index (χ0n) is 10.8. The smallest absolute Gasteiger partial charge is 0.329 e. The first kappa shape index (κ1) is 15.3. The lowest BCUT2D eigenvalue weighted by Gasteiger charge is -2.38. The van der Waals surface area contributed by atoms with Crippen molar-refractivity contribution in [1.29, 1.82) is 0 Å². The quantitative estimate of drug-likeness (QED) is 0.718. The van der Waals surface area contributed by atoms with Gasteiger partial charge in [-0.3, -0.25) is 0 Å². The molecule has 0 atom stereocenters. The molecule has 7 heteroatoms. The largest absolute Gasteiger partial charge is 0.480 e. The number of carboxylic acids is 1. The van der Waals surface area contributed by atoms with E-state index in [-0.39, 0.29) is 0 Å². The van der Waals surface area contributed by atoms with E-state index in [0.29, 0.717) is 18.5 Å². The summed E-state index contributed by atoms with van der Waals surface area (Å²) >= 11 is 6.75. The summed E-state index contributed by atoms with van der Waals surface area (Å²) in [6.07, 6.45) is 1.74. The highest BCUT2D eigenvalue weighted by atomic mass is 79.9. The van der Waals surface area contributed by atoms with Gasteiger partial charge in [-0.25, -0.2) is 9.59 Å². The van der Waals surface area contributed by atoms with Crippen LogP contribution >= 0.6 is 31.9 Å². The second kappa shape index (κ2) is 5.73.